The minimum Gasteiger partial charge on any atom is -0.326 e. The number of thiazole rings is 1. The Morgan fingerprint density at radius 1 is 1.03 bits per heavy atom. The molecule has 0 spiro atoms. The number of carbonyl (C=O) groups is 1. The summed E-state index contributed by atoms with van der Waals surface area (Å²) in [5.74, 6) is -0.0203. The third kappa shape index (κ3) is 4.36. The van der Waals surface area contributed by atoms with Gasteiger partial charge in [0.15, 0.2) is 4.96 Å². The minimum atomic E-state index is -0.0203. The van der Waals surface area contributed by atoms with Crippen LogP contribution in [0.5, 0.6) is 0 Å². The third-order valence-corrected chi connectivity index (χ3v) is 5.97. The highest BCUT2D eigenvalue weighted by Gasteiger charge is 2.13. The average molecular weight is 426 g/mol. The maximum absolute atomic E-state index is 12.6. The molecule has 1 amide bonds. The summed E-state index contributed by atoms with van der Waals surface area (Å²) in [7, 11) is 0. The number of hydrogen-bond donors (Lipinski definition) is 1. The Hall–Kier alpha value is -2.63. The predicted molar refractivity (Wildman–Crippen MR) is 123 cm³/mol. The molecular weight excluding hydrogens is 402 g/mol. The normalized spacial score (nSPS) is 10.8. The molecule has 4 rings (SSSR count). The van der Waals surface area contributed by atoms with E-state index in [1.807, 2.05) is 42.0 Å². The summed E-state index contributed by atoms with van der Waals surface area (Å²) in [6, 6.07) is 12.4. The van der Waals surface area contributed by atoms with Crippen molar-refractivity contribution in [3.8, 4) is 11.3 Å². The number of nitrogens with one attached hydrogen (secondary N) is 1. The van der Waals surface area contributed by atoms with Crippen LogP contribution in [-0.4, -0.2) is 15.3 Å². The van der Waals surface area contributed by atoms with Crippen molar-refractivity contribution in [2.24, 2.45) is 0 Å². The van der Waals surface area contributed by atoms with Crippen LogP contribution in [0, 0.1) is 27.7 Å². The maximum atomic E-state index is 12.6. The fraction of sp³-hybridized carbons (Fsp3) is 0.217. The lowest BCUT2D eigenvalue weighted by Crippen LogP contribution is -2.16. The highest BCUT2D eigenvalue weighted by molar-refractivity contribution is 7.15. The number of nitrogens with zero attached hydrogens (tertiary/aromatic N) is 2. The zero-order valence-corrected chi connectivity index (χ0v) is 18.6. The molecule has 0 unspecified atom stereocenters. The SMILES string of the molecule is Cc1ccc(NC(=O)Cc2csc3nc(-c4ccc(C)c(C)c4)cn23)c(C)c1.Cl. The van der Waals surface area contributed by atoms with Gasteiger partial charge < -0.3 is 5.32 Å². The molecular formula is C23H24ClN3OS. The molecule has 2 aromatic heterocycles. The van der Waals surface area contributed by atoms with Crippen LogP contribution < -0.4 is 5.32 Å². The average Bonchev–Trinajstić information content (AvgIpc) is 3.22. The molecule has 29 heavy (non-hydrogen) atoms. The summed E-state index contributed by atoms with van der Waals surface area (Å²) in [6.45, 7) is 8.28. The number of benzene rings is 2. The Labute approximate surface area is 181 Å². The van der Waals surface area contributed by atoms with Gasteiger partial charge in [0, 0.05) is 28.5 Å². The van der Waals surface area contributed by atoms with E-state index in [-0.39, 0.29) is 18.3 Å². The van der Waals surface area contributed by atoms with Crippen molar-refractivity contribution in [3.05, 3.63) is 75.9 Å². The molecule has 2 aromatic carbocycles. The van der Waals surface area contributed by atoms with Gasteiger partial charge in [-0.1, -0.05) is 29.8 Å². The van der Waals surface area contributed by atoms with E-state index in [0.29, 0.717) is 6.42 Å². The number of rotatable bonds is 4. The maximum Gasteiger partial charge on any atom is 0.230 e. The number of anilines is 1. The first-order chi connectivity index (χ1) is 13.4. The monoisotopic (exact) mass is 425 g/mol. The number of amides is 1. The summed E-state index contributed by atoms with van der Waals surface area (Å²) < 4.78 is 2.02. The first-order valence-electron chi connectivity index (χ1n) is 9.31. The van der Waals surface area contributed by atoms with Crippen LogP contribution in [0.1, 0.15) is 27.9 Å². The van der Waals surface area contributed by atoms with E-state index >= 15 is 0 Å². The zero-order chi connectivity index (χ0) is 19.8. The first-order valence-corrected chi connectivity index (χ1v) is 10.2. The van der Waals surface area contributed by atoms with Crippen LogP contribution in [0.4, 0.5) is 5.69 Å². The Morgan fingerprint density at radius 2 is 1.83 bits per heavy atom. The number of fused-ring (bicyclic) bond motifs is 1. The molecule has 1 N–H and O–H groups in total. The van der Waals surface area contributed by atoms with Crippen molar-refractivity contribution in [1.82, 2.24) is 9.38 Å². The van der Waals surface area contributed by atoms with Gasteiger partial charge in [-0.15, -0.1) is 23.7 Å². The molecule has 0 radical (unpaired) electrons. The molecule has 6 heteroatoms. The van der Waals surface area contributed by atoms with Gasteiger partial charge in [-0.25, -0.2) is 4.98 Å². The Bertz CT molecular complexity index is 1190. The second kappa shape index (κ2) is 8.39. The second-order valence-corrected chi connectivity index (χ2v) is 8.18. The van der Waals surface area contributed by atoms with Gasteiger partial charge in [-0.05, 0) is 56.5 Å². The lowest BCUT2D eigenvalue weighted by Gasteiger charge is -2.09. The van der Waals surface area contributed by atoms with E-state index in [9.17, 15) is 4.79 Å². The Balaban J connectivity index is 0.00000240. The van der Waals surface area contributed by atoms with Gasteiger partial charge in [0.2, 0.25) is 5.91 Å². The topological polar surface area (TPSA) is 46.4 Å². The van der Waals surface area contributed by atoms with Crippen molar-refractivity contribution in [3.63, 3.8) is 0 Å². The lowest BCUT2D eigenvalue weighted by molar-refractivity contribution is -0.115. The van der Waals surface area contributed by atoms with Gasteiger partial charge in [-0.2, -0.15) is 0 Å². The number of aromatic nitrogens is 2. The van der Waals surface area contributed by atoms with Crippen molar-refractivity contribution < 1.29 is 4.79 Å². The number of imidazole rings is 1. The van der Waals surface area contributed by atoms with Gasteiger partial charge in [0.1, 0.15) is 0 Å². The van der Waals surface area contributed by atoms with Crippen molar-refractivity contribution in [2.45, 2.75) is 34.1 Å². The third-order valence-electron chi connectivity index (χ3n) is 5.08. The summed E-state index contributed by atoms with van der Waals surface area (Å²) in [4.78, 5) is 18.2. The molecule has 0 saturated carbocycles. The van der Waals surface area contributed by atoms with Crippen molar-refractivity contribution >= 4 is 40.3 Å². The predicted octanol–water partition coefficient (Wildman–Crippen LogP) is 5.90. The van der Waals surface area contributed by atoms with E-state index in [0.717, 1.165) is 33.2 Å². The van der Waals surface area contributed by atoms with Crippen LogP contribution in [0.3, 0.4) is 0 Å². The van der Waals surface area contributed by atoms with Crippen LogP contribution >= 0.6 is 23.7 Å². The Kier molecular flexibility index (Phi) is 6.10. The highest BCUT2D eigenvalue weighted by Crippen LogP contribution is 2.26. The van der Waals surface area contributed by atoms with E-state index in [2.05, 4.69) is 43.4 Å². The fourth-order valence-electron chi connectivity index (χ4n) is 3.31. The molecule has 0 aliphatic carbocycles. The molecule has 2 heterocycles. The molecule has 0 bridgehead atoms. The summed E-state index contributed by atoms with van der Waals surface area (Å²) in [5, 5.41) is 5.03. The molecule has 0 fully saturated rings. The van der Waals surface area contributed by atoms with Crippen LogP contribution in [0.25, 0.3) is 16.2 Å². The van der Waals surface area contributed by atoms with Crippen molar-refractivity contribution in [2.75, 3.05) is 5.32 Å². The second-order valence-electron chi connectivity index (χ2n) is 7.35. The number of halogens is 1. The van der Waals surface area contributed by atoms with E-state index in [1.165, 1.54) is 16.7 Å². The summed E-state index contributed by atoms with van der Waals surface area (Å²) in [5.41, 5.74) is 8.63. The van der Waals surface area contributed by atoms with Gasteiger partial charge >= 0.3 is 0 Å². The highest BCUT2D eigenvalue weighted by atomic mass is 35.5. The largest absolute Gasteiger partial charge is 0.326 e. The number of carbonyl (C=O) groups excluding carboxylic acids is 1. The fourth-order valence-corrected chi connectivity index (χ4v) is 4.18. The van der Waals surface area contributed by atoms with E-state index in [1.54, 1.807) is 11.3 Å². The van der Waals surface area contributed by atoms with E-state index in [4.69, 9.17) is 4.98 Å². The molecule has 4 aromatic rings. The van der Waals surface area contributed by atoms with Crippen LogP contribution in [-0.2, 0) is 11.2 Å². The van der Waals surface area contributed by atoms with Crippen molar-refractivity contribution in [1.29, 1.82) is 0 Å². The molecule has 150 valence electrons. The zero-order valence-electron chi connectivity index (χ0n) is 16.9. The van der Waals surface area contributed by atoms with Crippen LogP contribution in [0.15, 0.2) is 48.0 Å². The molecule has 4 nitrogen and oxygen atoms in total. The first kappa shape index (κ1) is 21.1. The van der Waals surface area contributed by atoms with Gasteiger partial charge in [0.05, 0.1) is 12.1 Å². The standard InChI is InChI=1S/C23H23N3OS.ClH/c1-14-5-8-20(17(4)9-14)24-22(27)11-19-13-28-23-25-21(12-26(19)23)18-7-6-15(2)16(3)10-18;/h5-10,12-13H,11H2,1-4H3,(H,24,27);1H. The number of aryl methyl sites for hydroxylation is 4. The van der Waals surface area contributed by atoms with Gasteiger partial charge in [-0.3, -0.25) is 9.20 Å². The molecule has 0 aliphatic heterocycles. The number of hydrogen-bond acceptors (Lipinski definition) is 3. The molecule has 0 saturated heterocycles. The summed E-state index contributed by atoms with van der Waals surface area (Å²) >= 11 is 1.56. The molecule has 0 aliphatic rings. The smallest absolute Gasteiger partial charge is 0.230 e. The molecule has 0 atom stereocenters. The lowest BCUT2D eigenvalue weighted by atomic mass is 10.0. The minimum absolute atomic E-state index is 0. The Morgan fingerprint density at radius 3 is 2.55 bits per heavy atom. The van der Waals surface area contributed by atoms with Crippen LogP contribution in [0.2, 0.25) is 0 Å². The van der Waals surface area contributed by atoms with Gasteiger partial charge in [0.25, 0.3) is 0 Å². The summed E-state index contributed by atoms with van der Waals surface area (Å²) in [6.07, 6.45) is 2.34. The van der Waals surface area contributed by atoms with E-state index < -0.39 is 0 Å². The quantitative estimate of drug-likeness (QED) is 0.442.